The van der Waals surface area contributed by atoms with Gasteiger partial charge < -0.3 is 4.74 Å². The van der Waals surface area contributed by atoms with E-state index in [0.717, 1.165) is 13.0 Å². The van der Waals surface area contributed by atoms with Crippen LogP contribution in [0.1, 0.15) is 5.56 Å². The molecule has 0 aliphatic carbocycles. The van der Waals surface area contributed by atoms with Crippen LogP contribution in [-0.2, 0) is 22.7 Å². The Bertz CT molecular complexity index is 242. The van der Waals surface area contributed by atoms with Crippen molar-refractivity contribution in [2.75, 3.05) is 13.7 Å². The monoisotopic (exact) mass is 200 g/mol. The summed E-state index contributed by atoms with van der Waals surface area (Å²) in [6, 6.07) is 10.3. The molecule has 0 amide bonds. The van der Waals surface area contributed by atoms with Crippen LogP contribution in [0.15, 0.2) is 30.3 Å². The first-order chi connectivity index (χ1) is 6.35. The molecule has 4 heteroatoms. The third kappa shape index (κ3) is 7.36. The van der Waals surface area contributed by atoms with Crippen LogP contribution in [0.4, 0.5) is 0 Å². The van der Waals surface area contributed by atoms with Gasteiger partial charge in [-0.05, 0) is 12.0 Å². The molecule has 1 aromatic rings. The fraction of sp³-hybridized carbons (Fsp3) is 0.333. The third-order valence-corrected chi connectivity index (χ3v) is 1.44. The molecule has 0 saturated heterocycles. The maximum atomic E-state index is 8.29. The molecule has 0 heterocycles. The van der Waals surface area contributed by atoms with Crippen molar-refractivity contribution in [2.24, 2.45) is 0 Å². The number of hydrogen-bond acceptors (Lipinski definition) is 3. The van der Waals surface area contributed by atoms with E-state index in [4.69, 9.17) is 13.2 Å². The summed E-state index contributed by atoms with van der Waals surface area (Å²) in [4.78, 5) is 0. The molecule has 1 rings (SSSR count). The summed E-state index contributed by atoms with van der Waals surface area (Å²) in [5, 5.41) is 0. The minimum atomic E-state index is -0.750. The zero-order chi connectivity index (χ0) is 9.94. The Balaban J connectivity index is 0.000000424. The highest BCUT2D eigenvalue weighted by molar-refractivity contribution is 7.51. The standard InChI is InChI=1S/C9H12O.O2S/c1-10-8-7-9-5-3-2-4-6-9;1-3-2/h2-6H,7-8H2,1H3;. The van der Waals surface area contributed by atoms with Crippen molar-refractivity contribution in [3.05, 3.63) is 35.9 Å². The van der Waals surface area contributed by atoms with Gasteiger partial charge >= 0.3 is 11.6 Å². The molecule has 0 spiro atoms. The number of methoxy groups -OCH3 is 1. The number of rotatable bonds is 3. The van der Waals surface area contributed by atoms with Crippen LogP contribution in [0.2, 0.25) is 0 Å². The zero-order valence-electron chi connectivity index (χ0n) is 7.43. The van der Waals surface area contributed by atoms with Crippen molar-refractivity contribution in [1.82, 2.24) is 0 Å². The van der Waals surface area contributed by atoms with E-state index in [1.54, 1.807) is 7.11 Å². The molecule has 3 nitrogen and oxygen atoms in total. The van der Waals surface area contributed by atoms with Gasteiger partial charge in [-0.15, -0.1) is 0 Å². The average molecular weight is 200 g/mol. The van der Waals surface area contributed by atoms with Crippen LogP contribution >= 0.6 is 0 Å². The quantitative estimate of drug-likeness (QED) is 0.736. The molecule has 1 aromatic carbocycles. The van der Waals surface area contributed by atoms with Gasteiger partial charge in [-0.25, -0.2) is 0 Å². The molecule has 0 fully saturated rings. The van der Waals surface area contributed by atoms with E-state index < -0.39 is 11.6 Å². The van der Waals surface area contributed by atoms with E-state index in [0.29, 0.717) is 0 Å². The molecule has 0 aromatic heterocycles. The van der Waals surface area contributed by atoms with Crippen LogP contribution in [0.3, 0.4) is 0 Å². The normalized spacial score (nSPS) is 8.38. The predicted molar refractivity (Wildman–Crippen MR) is 50.9 cm³/mol. The predicted octanol–water partition coefficient (Wildman–Crippen LogP) is 1.21. The molecule has 0 aliphatic rings. The molecular formula is C9H12O3S. The number of benzene rings is 1. The van der Waals surface area contributed by atoms with E-state index in [9.17, 15) is 0 Å². The molecule has 0 radical (unpaired) electrons. The van der Waals surface area contributed by atoms with Gasteiger partial charge in [-0.3, -0.25) is 0 Å². The van der Waals surface area contributed by atoms with Gasteiger partial charge in [0, 0.05) is 7.11 Å². The fourth-order valence-corrected chi connectivity index (χ4v) is 0.865. The second kappa shape index (κ2) is 9.09. The lowest BCUT2D eigenvalue weighted by atomic mass is 10.2. The Hall–Kier alpha value is -1.00. The van der Waals surface area contributed by atoms with Crippen LogP contribution < -0.4 is 0 Å². The molecule has 72 valence electrons. The first-order valence-electron chi connectivity index (χ1n) is 3.79. The smallest absolute Gasteiger partial charge is 0.335 e. The van der Waals surface area contributed by atoms with Crippen LogP contribution in [-0.4, -0.2) is 22.1 Å². The average Bonchev–Trinajstić information content (AvgIpc) is 2.18. The largest absolute Gasteiger partial charge is 0.384 e. The van der Waals surface area contributed by atoms with Gasteiger partial charge in [0.25, 0.3) is 0 Å². The highest BCUT2D eigenvalue weighted by Crippen LogP contribution is 1.98. The Kier molecular flexibility index (Phi) is 8.39. The molecule has 0 bridgehead atoms. The lowest BCUT2D eigenvalue weighted by molar-refractivity contribution is 0.202. The molecule has 0 atom stereocenters. The van der Waals surface area contributed by atoms with Crippen molar-refractivity contribution in [3.8, 4) is 0 Å². The van der Waals surface area contributed by atoms with Gasteiger partial charge in [-0.2, -0.15) is 8.42 Å². The second-order valence-corrected chi connectivity index (χ2v) is 2.43. The summed E-state index contributed by atoms with van der Waals surface area (Å²) in [6.07, 6.45) is 1.01. The van der Waals surface area contributed by atoms with Crippen molar-refractivity contribution in [1.29, 1.82) is 0 Å². The zero-order valence-corrected chi connectivity index (χ0v) is 8.25. The van der Waals surface area contributed by atoms with Gasteiger partial charge in [0.05, 0.1) is 6.61 Å². The second-order valence-electron chi connectivity index (χ2n) is 2.30. The van der Waals surface area contributed by atoms with Crippen LogP contribution in [0.25, 0.3) is 0 Å². The summed E-state index contributed by atoms with van der Waals surface area (Å²) in [6.45, 7) is 0.810. The number of hydrogen-bond donors (Lipinski definition) is 0. The molecule has 13 heavy (non-hydrogen) atoms. The molecule has 0 N–H and O–H groups in total. The maximum Gasteiger partial charge on any atom is 0.335 e. The SMILES string of the molecule is COCCc1ccccc1.O=S=O. The summed E-state index contributed by atoms with van der Waals surface area (Å²) >= 11 is -0.750. The maximum absolute atomic E-state index is 8.29. The Morgan fingerprint density at radius 1 is 1.23 bits per heavy atom. The highest BCUT2D eigenvalue weighted by atomic mass is 32.1. The lowest BCUT2D eigenvalue weighted by Gasteiger charge is -1.97. The summed E-state index contributed by atoms with van der Waals surface area (Å²) in [5.74, 6) is 0. The van der Waals surface area contributed by atoms with Crippen molar-refractivity contribution in [3.63, 3.8) is 0 Å². The van der Waals surface area contributed by atoms with E-state index in [1.165, 1.54) is 5.56 Å². The Labute approximate surface area is 81.3 Å². The summed E-state index contributed by atoms with van der Waals surface area (Å²) in [5.41, 5.74) is 1.34. The van der Waals surface area contributed by atoms with Crippen molar-refractivity contribution < 1.29 is 13.2 Å². The van der Waals surface area contributed by atoms with Crippen LogP contribution in [0, 0.1) is 0 Å². The van der Waals surface area contributed by atoms with E-state index in [-0.39, 0.29) is 0 Å². The first kappa shape index (κ1) is 12.0. The Morgan fingerprint density at radius 3 is 2.23 bits per heavy atom. The van der Waals surface area contributed by atoms with Gasteiger partial charge in [0.1, 0.15) is 0 Å². The molecule has 0 saturated carbocycles. The lowest BCUT2D eigenvalue weighted by Crippen LogP contribution is -1.92. The topological polar surface area (TPSA) is 43.4 Å². The summed E-state index contributed by atoms with van der Waals surface area (Å²) in [7, 11) is 1.73. The van der Waals surface area contributed by atoms with Gasteiger partial charge in [0.15, 0.2) is 0 Å². The summed E-state index contributed by atoms with van der Waals surface area (Å²) < 4.78 is 21.5. The first-order valence-corrected chi connectivity index (χ1v) is 4.46. The highest BCUT2D eigenvalue weighted by Gasteiger charge is 1.87. The fourth-order valence-electron chi connectivity index (χ4n) is 0.865. The van der Waals surface area contributed by atoms with E-state index >= 15 is 0 Å². The van der Waals surface area contributed by atoms with Crippen LogP contribution in [0.5, 0.6) is 0 Å². The van der Waals surface area contributed by atoms with E-state index in [1.807, 2.05) is 18.2 Å². The minimum absolute atomic E-state index is 0.750. The molecular weight excluding hydrogens is 188 g/mol. The Morgan fingerprint density at radius 2 is 1.77 bits per heavy atom. The molecule has 0 unspecified atom stereocenters. The number of ether oxygens (including phenoxy) is 1. The van der Waals surface area contributed by atoms with Crippen molar-refractivity contribution in [2.45, 2.75) is 6.42 Å². The molecule has 0 aliphatic heterocycles. The van der Waals surface area contributed by atoms with Gasteiger partial charge in [0.2, 0.25) is 0 Å². The van der Waals surface area contributed by atoms with Gasteiger partial charge in [-0.1, -0.05) is 30.3 Å². The minimum Gasteiger partial charge on any atom is -0.384 e. The third-order valence-electron chi connectivity index (χ3n) is 1.44. The van der Waals surface area contributed by atoms with E-state index in [2.05, 4.69) is 12.1 Å². The van der Waals surface area contributed by atoms with Crippen molar-refractivity contribution >= 4 is 11.6 Å².